The number of aliphatic hydroxyl groups excluding tert-OH is 1. The Balaban J connectivity index is 2.52. The SMILES string of the molecule is CC(O)C(=O)N1CCN(C(=O)C(C)(C)F)CC1. The number of halogens is 1. The Morgan fingerprint density at radius 1 is 1.18 bits per heavy atom. The topological polar surface area (TPSA) is 60.9 Å². The van der Waals surface area contributed by atoms with E-state index in [4.69, 9.17) is 5.11 Å². The van der Waals surface area contributed by atoms with Gasteiger partial charge in [0.25, 0.3) is 11.8 Å². The maximum Gasteiger partial charge on any atom is 0.259 e. The molecular formula is C11H19FN2O3. The van der Waals surface area contributed by atoms with Crippen LogP contribution in [-0.4, -0.2) is 64.7 Å². The summed E-state index contributed by atoms with van der Waals surface area (Å²) in [5.74, 6) is -0.904. The van der Waals surface area contributed by atoms with Crippen LogP contribution in [0.3, 0.4) is 0 Å². The van der Waals surface area contributed by atoms with Gasteiger partial charge in [-0.2, -0.15) is 0 Å². The lowest BCUT2D eigenvalue weighted by Crippen LogP contribution is -2.55. The first-order valence-corrected chi connectivity index (χ1v) is 5.68. The van der Waals surface area contributed by atoms with E-state index in [1.807, 2.05) is 0 Å². The van der Waals surface area contributed by atoms with E-state index in [1.54, 1.807) is 0 Å². The van der Waals surface area contributed by atoms with Gasteiger partial charge < -0.3 is 14.9 Å². The maximum atomic E-state index is 13.4. The molecule has 5 nitrogen and oxygen atoms in total. The van der Waals surface area contributed by atoms with E-state index in [-0.39, 0.29) is 5.91 Å². The third kappa shape index (κ3) is 3.39. The molecule has 0 bridgehead atoms. The van der Waals surface area contributed by atoms with Crippen LogP contribution in [0.25, 0.3) is 0 Å². The van der Waals surface area contributed by atoms with Gasteiger partial charge in [0, 0.05) is 26.2 Å². The predicted octanol–water partition coefficient (Wildman–Crippen LogP) is -0.214. The minimum atomic E-state index is -1.88. The van der Waals surface area contributed by atoms with Crippen molar-refractivity contribution < 1.29 is 19.1 Å². The first kappa shape index (κ1) is 13.9. The normalized spacial score (nSPS) is 19.1. The second-order valence-corrected chi connectivity index (χ2v) is 4.77. The number of alkyl halides is 1. The molecule has 1 atom stereocenters. The highest BCUT2D eigenvalue weighted by atomic mass is 19.1. The van der Waals surface area contributed by atoms with E-state index in [2.05, 4.69) is 0 Å². The lowest BCUT2D eigenvalue weighted by Gasteiger charge is -2.37. The lowest BCUT2D eigenvalue weighted by molar-refractivity contribution is -0.149. The Kier molecular flexibility index (Phi) is 4.08. The van der Waals surface area contributed by atoms with Crippen molar-refractivity contribution in [3.63, 3.8) is 0 Å². The Morgan fingerprint density at radius 3 is 1.94 bits per heavy atom. The maximum absolute atomic E-state index is 13.4. The largest absolute Gasteiger partial charge is 0.384 e. The molecule has 0 aromatic carbocycles. The van der Waals surface area contributed by atoms with Crippen LogP contribution in [0.15, 0.2) is 0 Å². The van der Waals surface area contributed by atoms with Crippen molar-refractivity contribution in [1.29, 1.82) is 0 Å². The molecule has 0 aromatic rings. The van der Waals surface area contributed by atoms with Crippen molar-refractivity contribution in [3.8, 4) is 0 Å². The molecule has 1 aliphatic heterocycles. The Bertz CT molecular complexity index is 304. The summed E-state index contributed by atoms with van der Waals surface area (Å²) in [5.41, 5.74) is -1.88. The van der Waals surface area contributed by atoms with Crippen molar-refractivity contribution in [3.05, 3.63) is 0 Å². The molecule has 6 heteroatoms. The standard InChI is InChI=1S/C11H19FN2O3/c1-8(15)9(16)13-4-6-14(7-5-13)10(17)11(2,3)12/h8,15H,4-7H2,1-3H3. The number of hydrogen-bond acceptors (Lipinski definition) is 3. The number of carbonyl (C=O) groups excluding carboxylic acids is 2. The van der Waals surface area contributed by atoms with E-state index in [9.17, 15) is 14.0 Å². The minimum absolute atomic E-state index is 0.310. The molecule has 1 aliphatic rings. The quantitative estimate of drug-likeness (QED) is 0.733. The fourth-order valence-electron chi connectivity index (χ4n) is 1.77. The third-order valence-electron chi connectivity index (χ3n) is 2.74. The van der Waals surface area contributed by atoms with Gasteiger partial charge in [-0.15, -0.1) is 0 Å². The molecule has 1 saturated heterocycles. The van der Waals surface area contributed by atoms with Crippen molar-refractivity contribution in [2.24, 2.45) is 0 Å². The summed E-state index contributed by atoms with van der Waals surface area (Å²) in [5, 5.41) is 9.15. The molecule has 1 fully saturated rings. The molecule has 17 heavy (non-hydrogen) atoms. The second kappa shape index (κ2) is 5.00. The molecule has 1 unspecified atom stereocenters. The average molecular weight is 246 g/mol. The average Bonchev–Trinajstić information content (AvgIpc) is 2.26. The Morgan fingerprint density at radius 2 is 1.59 bits per heavy atom. The van der Waals surface area contributed by atoms with Crippen molar-refractivity contribution in [2.75, 3.05) is 26.2 Å². The molecule has 0 aliphatic carbocycles. The zero-order valence-electron chi connectivity index (χ0n) is 10.4. The van der Waals surface area contributed by atoms with Crippen LogP contribution in [0, 0.1) is 0 Å². The van der Waals surface area contributed by atoms with Crippen LogP contribution in [0.4, 0.5) is 4.39 Å². The van der Waals surface area contributed by atoms with Crippen LogP contribution in [-0.2, 0) is 9.59 Å². The van der Waals surface area contributed by atoms with E-state index >= 15 is 0 Å². The predicted molar refractivity (Wildman–Crippen MR) is 60.0 cm³/mol. The van der Waals surface area contributed by atoms with Crippen molar-refractivity contribution in [1.82, 2.24) is 9.80 Å². The van der Waals surface area contributed by atoms with Crippen molar-refractivity contribution in [2.45, 2.75) is 32.5 Å². The molecule has 0 spiro atoms. The lowest BCUT2D eigenvalue weighted by atomic mass is 10.1. The summed E-state index contributed by atoms with van der Waals surface area (Å²) >= 11 is 0. The van der Waals surface area contributed by atoms with Gasteiger partial charge in [-0.05, 0) is 20.8 Å². The summed E-state index contributed by atoms with van der Waals surface area (Å²) in [6.07, 6.45) is -1.03. The first-order valence-electron chi connectivity index (χ1n) is 5.68. The van der Waals surface area contributed by atoms with E-state index in [0.717, 1.165) is 0 Å². The van der Waals surface area contributed by atoms with Crippen LogP contribution >= 0.6 is 0 Å². The van der Waals surface area contributed by atoms with Gasteiger partial charge in [0.1, 0.15) is 6.10 Å². The van der Waals surface area contributed by atoms with E-state index in [1.165, 1.54) is 30.6 Å². The van der Waals surface area contributed by atoms with Crippen LogP contribution in [0.5, 0.6) is 0 Å². The molecular weight excluding hydrogens is 227 g/mol. The zero-order chi connectivity index (χ0) is 13.2. The smallest absolute Gasteiger partial charge is 0.259 e. The van der Waals surface area contributed by atoms with Gasteiger partial charge in [0.15, 0.2) is 5.67 Å². The molecule has 1 heterocycles. The van der Waals surface area contributed by atoms with Crippen LogP contribution < -0.4 is 0 Å². The molecule has 1 rings (SSSR count). The van der Waals surface area contributed by atoms with Gasteiger partial charge in [0.2, 0.25) is 0 Å². The van der Waals surface area contributed by atoms with Gasteiger partial charge >= 0.3 is 0 Å². The number of nitrogens with zero attached hydrogens (tertiary/aromatic N) is 2. The number of hydrogen-bond donors (Lipinski definition) is 1. The summed E-state index contributed by atoms with van der Waals surface area (Å²) in [6.45, 7) is 5.16. The van der Waals surface area contributed by atoms with Crippen LogP contribution in [0.2, 0.25) is 0 Å². The van der Waals surface area contributed by atoms with Gasteiger partial charge in [0.05, 0.1) is 0 Å². The Hall–Kier alpha value is -1.17. The van der Waals surface area contributed by atoms with Crippen LogP contribution in [0.1, 0.15) is 20.8 Å². The molecule has 0 saturated carbocycles. The highest BCUT2D eigenvalue weighted by Gasteiger charge is 2.34. The van der Waals surface area contributed by atoms with E-state index < -0.39 is 17.7 Å². The third-order valence-corrected chi connectivity index (χ3v) is 2.74. The highest BCUT2D eigenvalue weighted by Crippen LogP contribution is 2.15. The van der Waals surface area contributed by atoms with Gasteiger partial charge in [-0.25, -0.2) is 4.39 Å². The molecule has 1 N–H and O–H groups in total. The number of piperazine rings is 1. The molecule has 98 valence electrons. The highest BCUT2D eigenvalue weighted by molar-refractivity contribution is 5.85. The Labute approximate surface area is 100 Å². The number of rotatable bonds is 2. The fourth-order valence-corrected chi connectivity index (χ4v) is 1.77. The molecule has 2 amide bonds. The van der Waals surface area contributed by atoms with E-state index in [0.29, 0.717) is 26.2 Å². The zero-order valence-corrected chi connectivity index (χ0v) is 10.4. The monoisotopic (exact) mass is 246 g/mol. The first-order chi connectivity index (χ1) is 7.73. The summed E-state index contributed by atoms with van der Waals surface area (Å²) < 4.78 is 13.4. The van der Waals surface area contributed by atoms with Gasteiger partial charge in [-0.3, -0.25) is 9.59 Å². The summed E-state index contributed by atoms with van der Waals surface area (Å²) in [6, 6.07) is 0. The van der Waals surface area contributed by atoms with Crippen molar-refractivity contribution >= 4 is 11.8 Å². The number of aliphatic hydroxyl groups is 1. The second-order valence-electron chi connectivity index (χ2n) is 4.77. The fraction of sp³-hybridized carbons (Fsp3) is 0.818. The van der Waals surface area contributed by atoms with Gasteiger partial charge in [-0.1, -0.05) is 0 Å². The minimum Gasteiger partial charge on any atom is -0.384 e. The number of carbonyl (C=O) groups is 2. The summed E-state index contributed by atoms with van der Waals surface area (Å²) in [4.78, 5) is 26.0. The number of amides is 2. The summed E-state index contributed by atoms with van der Waals surface area (Å²) in [7, 11) is 0. The molecule has 0 aromatic heterocycles. The molecule has 0 radical (unpaired) electrons.